The lowest BCUT2D eigenvalue weighted by Crippen LogP contribution is -2.21. The van der Waals surface area contributed by atoms with Crippen molar-refractivity contribution in [3.8, 4) is 0 Å². The van der Waals surface area contributed by atoms with Gasteiger partial charge in [-0.3, -0.25) is 4.98 Å². The third-order valence-corrected chi connectivity index (χ3v) is 3.02. The number of hydrogen-bond donors (Lipinski definition) is 2. The Kier molecular flexibility index (Phi) is 4.60. The van der Waals surface area contributed by atoms with Crippen LogP contribution in [0.25, 0.3) is 0 Å². The van der Waals surface area contributed by atoms with Gasteiger partial charge in [0.1, 0.15) is 5.82 Å². The van der Waals surface area contributed by atoms with E-state index in [-0.39, 0.29) is 5.82 Å². The number of nitrogens with one attached hydrogen (secondary N) is 1. The van der Waals surface area contributed by atoms with Crippen LogP contribution in [0.4, 0.5) is 4.39 Å². The van der Waals surface area contributed by atoms with Gasteiger partial charge in [0.2, 0.25) is 0 Å². The standard InChI is InChI=1S/C15H17FN2O/c1-11-8-17-6-5-13(11)9-18-10-15(19)12-3-2-4-14(16)7-12/h2-8,15,18-19H,9-10H2,1H3. The fraction of sp³-hybridized carbons (Fsp3) is 0.267. The summed E-state index contributed by atoms with van der Waals surface area (Å²) in [7, 11) is 0. The van der Waals surface area contributed by atoms with Gasteiger partial charge in [-0.05, 0) is 41.8 Å². The maximum Gasteiger partial charge on any atom is 0.123 e. The number of halogens is 1. The zero-order valence-corrected chi connectivity index (χ0v) is 10.8. The van der Waals surface area contributed by atoms with Crippen LogP contribution in [0.3, 0.4) is 0 Å². The first kappa shape index (κ1) is 13.6. The van der Waals surface area contributed by atoms with Crippen molar-refractivity contribution >= 4 is 0 Å². The molecule has 0 saturated heterocycles. The van der Waals surface area contributed by atoms with Crippen LogP contribution in [0, 0.1) is 12.7 Å². The summed E-state index contributed by atoms with van der Waals surface area (Å²) in [6, 6.07) is 7.97. The molecule has 0 radical (unpaired) electrons. The lowest BCUT2D eigenvalue weighted by atomic mass is 10.1. The van der Waals surface area contributed by atoms with Crippen LogP contribution < -0.4 is 5.32 Å². The molecule has 1 heterocycles. The molecule has 1 unspecified atom stereocenters. The van der Waals surface area contributed by atoms with Crippen LogP contribution in [0.15, 0.2) is 42.7 Å². The number of rotatable bonds is 5. The second-order valence-electron chi connectivity index (χ2n) is 4.50. The minimum atomic E-state index is -0.710. The molecule has 4 heteroatoms. The highest BCUT2D eigenvalue weighted by atomic mass is 19.1. The highest BCUT2D eigenvalue weighted by Crippen LogP contribution is 2.13. The summed E-state index contributed by atoms with van der Waals surface area (Å²) in [4.78, 5) is 4.03. The number of aliphatic hydroxyl groups excluding tert-OH is 1. The third kappa shape index (κ3) is 3.84. The van der Waals surface area contributed by atoms with Crippen LogP contribution in [-0.2, 0) is 6.54 Å². The molecule has 1 aromatic carbocycles. The van der Waals surface area contributed by atoms with E-state index in [4.69, 9.17) is 0 Å². The maximum atomic E-state index is 13.0. The summed E-state index contributed by atoms with van der Waals surface area (Å²) in [6.07, 6.45) is 2.84. The van der Waals surface area contributed by atoms with E-state index in [1.54, 1.807) is 24.5 Å². The summed E-state index contributed by atoms with van der Waals surface area (Å²) in [5.41, 5.74) is 2.83. The molecule has 1 atom stereocenters. The molecule has 2 rings (SSSR count). The predicted octanol–water partition coefficient (Wildman–Crippen LogP) is 2.35. The maximum absolute atomic E-state index is 13.0. The van der Waals surface area contributed by atoms with Gasteiger partial charge in [0.15, 0.2) is 0 Å². The summed E-state index contributed by atoms with van der Waals surface area (Å²) in [5, 5.41) is 13.1. The van der Waals surface area contributed by atoms with Crippen molar-refractivity contribution < 1.29 is 9.50 Å². The van der Waals surface area contributed by atoms with E-state index in [2.05, 4.69) is 10.3 Å². The molecule has 2 aromatic rings. The third-order valence-electron chi connectivity index (χ3n) is 3.02. The Balaban J connectivity index is 1.88. The lowest BCUT2D eigenvalue weighted by molar-refractivity contribution is 0.174. The van der Waals surface area contributed by atoms with Crippen molar-refractivity contribution in [3.05, 3.63) is 65.2 Å². The molecule has 1 aromatic heterocycles. The largest absolute Gasteiger partial charge is 0.387 e. The fourth-order valence-corrected chi connectivity index (χ4v) is 1.88. The first-order valence-corrected chi connectivity index (χ1v) is 6.20. The molecule has 3 nitrogen and oxygen atoms in total. The molecular weight excluding hydrogens is 243 g/mol. The van der Waals surface area contributed by atoms with E-state index in [1.807, 2.05) is 13.0 Å². The number of nitrogens with zero attached hydrogens (tertiary/aromatic N) is 1. The number of pyridine rings is 1. The molecule has 2 N–H and O–H groups in total. The zero-order valence-electron chi connectivity index (χ0n) is 10.8. The van der Waals surface area contributed by atoms with Crippen LogP contribution in [-0.4, -0.2) is 16.6 Å². The Morgan fingerprint density at radius 3 is 2.95 bits per heavy atom. The van der Waals surface area contributed by atoms with Gasteiger partial charge in [-0.15, -0.1) is 0 Å². The summed E-state index contributed by atoms with van der Waals surface area (Å²) < 4.78 is 13.0. The second-order valence-corrected chi connectivity index (χ2v) is 4.50. The quantitative estimate of drug-likeness (QED) is 0.867. The normalized spacial score (nSPS) is 12.4. The molecular formula is C15H17FN2O. The predicted molar refractivity (Wildman–Crippen MR) is 72.0 cm³/mol. The van der Waals surface area contributed by atoms with E-state index >= 15 is 0 Å². The van der Waals surface area contributed by atoms with E-state index in [9.17, 15) is 9.50 Å². The molecule has 0 aliphatic heterocycles. The average Bonchev–Trinajstić information content (AvgIpc) is 2.41. The SMILES string of the molecule is Cc1cnccc1CNCC(O)c1cccc(F)c1. The van der Waals surface area contributed by atoms with Gasteiger partial charge in [0.05, 0.1) is 6.10 Å². The highest BCUT2D eigenvalue weighted by Gasteiger charge is 2.08. The van der Waals surface area contributed by atoms with Crippen molar-refractivity contribution in [2.45, 2.75) is 19.6 Å². The van der Waals surface area contributed by atoms with Crippen molar-refractivity contribution in [2.75, 3.05) is 6.54 Å². The van der Waals surface area contributed by atoms with Gasteiger partial charge in [-0.25, -0.2) is 4.39 Å². The Hall–Kier alpha value is -1.78. The molecule has 0 fully saturated rings. The molecule has 19 heavy (non-hydrogen) atoms. The van der Waals surface area contributed by atoms with E-state index in [1.165, 1.54) is 12.1 Å². The van der Waals surface area contributed by atoms with Gasteiger partial charge >= 0.3 is 0 Å². The fourth-order valence-electron chi connectivity index (χ4n) is 1.88. The van der Waals surface area contributed by atoms with E-state index in [0.717, 1.165) is 11.1 Å². The van der Waals surface area contributed by atoms with Gasteiger partial charge in [0, 0.05) is 25.5 Å². The first-order chi connectivity index (χ1) is 9.16. The molecule has 0 amide bonds. The molecule has 0 aliphatic rings. The van der Waals surface area contributed by atoms with E-state index < -0.39 is 6.10 Å². The number of benzene rings is 1. The minimum absolute atomic E-state index is 0.332. The summed E-state index contributed by atoms with van der Waals surface area (Å²) in [5.74, 6) is -0.332. The number of aliphatic hydroxyl groups is 1. The van der Waals surface area contributed by atoms with Crippen molar-refractivity contribution in [1.82, 2.24) is 10.3 Å². The zero-order chi connectivity index (χ0) is 13.7. The Morgan fingerprint density at radius 2 is 2.21 bits per heavy atom. The Bertz CT molecular complexity index is 545. The summed E-state index contributed by atoms with van der Waals surface area (Å²) >= 11 is 0. The monoisotopic (exact) mass is 260 g/mol. The number of aryl methyl sites for hydroxylation is 1. The second kappa shape index (κ2) is 6.41. The molecule has 0 spiro atoms. The lowest BCUT2D eigenvalue weighted by Gasteiger charge is -2.13. The van der Waals surface area contributed by atoms with Crippen molar-refractivity contribution in [3.63, 3.8) is 0 Å². The smallest absolute Gasteiger partial charge is 0.123 e. The van der Waals surface area contributed by atoms with Crippen LogP contribution in [0.2, 0.25) is 0 Å². The van der Waals surface area contributed by atoms with Gasteiger partial charge in [-0.1, -0.05) is 12.1 Å². The van der Waals surface area contributed by atoms with E-state index in [0.29, 0.717) is 18.7 Å². The average molecular weight is 260 g/mol. The minimum Gasteiger partial charge on any atom is -0.387 e. The van der Waals surface area contributed by atoms with Gasteiger partial charge in [0.25, 0.3) is 0 Å². The Labute approximate surface area is 112 Å². The molecule has 0 bridgehead atoms. The Morgan fingerprint density at radius 1 is 1.37 bits per heavy atom. The van der Waals surface area contributed by atoms with Crippen LogP contribution in [0.5, 0.6) is 0 Å². The van der Waals surface area contributed by atoms with Gasteiger partial charge < -0.3 is 10.4 Å². The highest BCUT2D eigenvalue weighted by molar-refractivity contribution is 5.22. The number of aromatic nitrogens is 1. The molecule has 100 valence electrons. The summed E-state index contributed by atoms with van der Waals surface area (Å²) in [6.45, 7) is 3.03. The van der Waals surface area contributed by atoms with Crippen LogP contribution in [0.1, 0.15) is 22.8 Å². The topological polar surface area (TPSA) is 45.2 Å². The molecule has 0 saturated carbocycles. The first-order valence-electron chi connectivity index (χ1n) is 6.20. The number of hydrogen-bond acceptors (Lipinski definition) is 3. The van der Waals surface area contributed by atoms with Crippen molar-refractivity contribution in [1.29, 1.82) is 0 Å². The van der Waals surface area contributed by atoms with Crippen molar-refractivity contribution in [2.24, 2.45) is 0 Å². The van der Waals surface area contributed by atoms with Gasteiger partial charge in [-0.2, -0.15) is 0 Å². The van der Waals surface area contributed by atoms with Crippen LogP contribution >= 0.6 is 0 Å². The molecule has 0 aliphatic carbocycles.